The van der Waals surface area contributed by atoms with Gasteiger partial charge in [0.2, 0.25) is 0 Å². The summed E-state index contributed by atoms with van der Waals surface area (Å²) in [6.07, 6.45) is 6.39. The number of hydrogen-bond acceptors (Lipinski definition) is 4. The van der Waals surface area contributed by atoms with Gasteiger partial charge >= 0.3 is 0 Å². The summed E-state index contributed by atoms with van der Waals surface area (Å²) in [6.45, 7) is 1.53. The van der Waals surface area contributed by atoms with Gasteiger partial charge in [0.05, 0.1) is 13.1 Å². The number of nitrogens with zero attached hydrogens (tertiary/aromatic N) is 6. The smallest absolute Gasteiger partial charge is 0.137 e. The summed E-state index contributed by atoms with van der Waals surface area (Å²) >= 11 is 0. The van der Waals surface area contributed by atoms with Crippen LogP contribution in [0.2, 0.25) is 0 Å². The molecule has 6 heteroatoms. The van der Waals surface area contributed by atoms with Crippen LogP contribution in [0.4, 0.5) is 0 Å². The standard InChI is InChI=1S/C6H8N6/c1(11-5-7-3-9-11)2-12-6-8-4-10-12/h3-6H,1-2H2. The van der Waals surface area contributed by atoms with Crippen LogP contribution in [0, 0.1) is 0 Å². The molecule has 0 unspecified atom stereocenters. The first kappa shape index (κ1) is 6.96. The Morgan fingerprint density at radius 3 is 1.67 bits per heavy atom. The van der Waals surface area contributed by atoms with Gasteiger partial charge in [0.1, 0.15) is 25.3 Å². The molecule has 12 heavy (non-hydrogen) atoms. The molecule has 0 aliphatic rings. The van der Waals surface area contributed by atoms with E-state index < -0.39 is 0 Å². The molecule has 2 rings (SSSR count). The minimum Gasteiger partial charge on any atom is -0.251 e. The molecule has 62 valence electrons. The van der Waals surface area contributed by atoms with Crippen LogP contribution in [0.25, 0.3) is 0 Å². The molecule has 2 aromatic rings. The highest BCUT2D eigenvalue weighted by atomic mass is 15.4. The lowest BCUT2D eigenvalue weighted by atomic mass is 10.6. The molecule has 0 bridgehead atoms. The fraction of sp³-hybridized carbons (Fsp3) is 0.333. The van der Waals surface area contributed by atoms with E-state index in [0.29, 0.717) is 0 Å². The molecule has 0 amide bonds. The lowest BCUT2D eigenvalue weighted by molar-refractivity contribution is 0.498. The van der Waals surface area contributed by atoms with Gasteiger partial charge in [-0.1, -0.05) is 0 Å². The number of aromatic nitrogens is 6. The molecular formula is C6H8N6. The second-order valence-corrected chi connectivity index (χ2v) is 2.32. The van der Waals surface area contributed by atoms with Gasteiger partial charge in [-0.15, -0.1) is 0 Å². The summed E-state index contributed by atoms with van der Waals surface area (Å²) in [7, 11) is 0. The van der Waals surface area contributed by atoms with Gasteiger partial charge in [0, 0.05) is 0 Å². The molecule has 0 aliphatic heterocycles. The topological polar surface area (TPSA) is 61.4 Å². The average Bonchev–Trinajstić information content (AvgIpc) is 2.74. The molecule has 0 N–H and O–H groups in total. The van der Waals surface area contributed by atoms with E-state index in [9.17, 15) is 0 Å². The Balaban J connectivity index is 1.91. The van der Waals surface area contributed by atoms with Crippen LogP contribution < -0.4 is 0 Å². The summed E-state index contributed by atoms with van der Waals surface area (Å²) in [6, 6.07) is 0. The van der Waals surface area contributed by atoms with Gasteiger partial charge in [-0.2, -0.15) is 10.2 Å². The largest absolute Gasteiger partial charge is 0.251 e. The van der Waals surface area contributed by atoms with Crippen molar-refractivity contribution in [3.63, 3.8) is 0 Å². The molecule has 2 aromatic heterocycles. The lowest BCUT2D eigenvalue weighted by Crippen LogP contribution is -2.07. The summed E-state index contributed by atoms with van der Waals surface area (Å²) in [4.78, 5) is 7.66. The third-order valence-electron chi connectivity index (χ3n) is 1.49. The first-order chi connectivity index (χ1) is 5.95. The predicted octanol–water partition coefficient (Wildman–Crippen LogP) is -0.430. The number of hydrogen-bond donors (Lipinski definition) is 0. The van der Waals surface area contributed by atoms with Crippen molar-refractivity contribution in [2.24, 2.45) is 0 Å². The number of rotatable bonds is 3. The first-order valence-electron chi connectivity index (χ1n) is 3.60. The Labute approximate surface area is 68.9 Å². The van der Waals surface area contributed by atoms with Crippen LogP contribution in [0.1, 0.15) is 0 Å². The van der Waals surface area contributed by atoms with E-state index in [2.05, 4.69) is 20.2 Å². The molecule has 0 saturated heterocycles. The van der Waals surface area contributed by atoms with Gasteiger partial charge in [0.15, 0.2) is 0 Å². The second kappa shape index (κ2) is 3.12. The van der Waals surface area contributed by atoms with Crippen molar-refractivity contribution in [1.82, 2.24) is 29.5 Å². The highest BCUT2D eigenvalue weighted by Gasteiger charge is 1.92. The van der Waals surface area contributed by atoms with Crippen LogP contribution in [-0.4, -0.2) is 29.5 Å². The maximum Gasteiger partial charge on any atom is 0.137 e. The third kappa shape index (κ3) is 1.47. The molecule has 0 atom stereocenters. The Bertz CT molecular complexity index is 275. The fourth-order valence-corrected chi connectivity index (χ4v) is 0.901. The Kier molecular flexibility index (Phi) is 1.81. The third-order valence-corrected chi connectivity index (χ3v) is 1.49. The van der Waals surface area contributed by atoms with Crippen LogP contribution in [0.5, 0.6) is 0 Å². The van der Waals surface area contributed by atoms with Crippen LogP contribution >= 0.6 is 0 Å². The van der Waals surface area contributed by atoms with Gasteiger partial charge in [0.25, 0.3) is 0 Å². The molecular weight excluding hydrogens is 156 g/mol. The first-order valence-corrected chi connectivity index (χ1v) is 3.60. The van der Waals surface area contributed by atoms with E-state index in [4.69, 9.17) is 0 Å². The van der Waals surface area contributed by atoms with E-state index in [-0.39, 0.29) is 0 Å². The minimum absolute atomic E-state index is 0.767. The van der Waals surface area contributed by atoms with Gasteiger partial charge in [-0.3, -0.25) is 9.36 Å². The molecule has 2 heterocycles. The molecule has 0 saturated carbocycles. The van der Waals surface area contributed by atoms with Crippen LogP contribution in [0.15, 0.2) is 25.3 Å². The van der Waals surface area contributed by atoms with Crippen molar-refractivity contribution < 1.29 is 0 Å². The molecule has 0 radical (unpaired) electrons. The fourth-order valence-electron chi connectivity index (χ4n) is 0.901. The van der Waals surface area contributed by atoms with Crippen molar-refractivity contribution in [3.8, 4) is 0 Å². The zero-order chi connectivity index (χ0) is 8.23. The quantitative estimate of drug-likeness (QED) is 0.617. The van der Waals surface area contributed by atoms with Crippen molar-refractivity contribution in [2.75, 3.05) is 0 Å². The Morgan fingerprint density at radius 2 is 1.33 bits per heavy atom. The summed E-state index contributed by atoms with van der Waals surface area (Å²) in [5.41, 5.74) is 0. The average molecular weight is 164 g/mol. The molecule has 0 aliphatic carbocycles. The predicted molar refractivity (Wildman–Crippen MR) is 40.0 cm³/mol. The zero-order valence-corrected chi connectivity index (χ0v) is 6.41. The van der Waals surface area contributed by atoms with Crippen molar-refractivity contribution >= 4 is 0 Å². The van der Waals surface area contributed by atoms with Gasteiger partial charge < -0.3 is 0 Å². The van der Waals surface area contributed by atoms with E-state index in [1.54, 1.807) is 22.0 Å². The lowest BCUT2D eigenvalue weighted by Gasteiger charge is -1.98. The van der Waals surface area contributed by atoms with Crippen molar-refractivity contribution in [2.45, 2.75) is 13.1 Å². The van der Waals surface area contributed by atoms with Crippen LogP contribution in [-0.2, 0) is 13.1 Å². The molecule has 6 nitrogen and oxygen atoms in total. The van der Waals surface area contributed by atoms with Crippen LogP contribution in [0.3, 0.4) is 0 Å². The van der Waals surface area contributed by atoms with Crippen molar-refractivity contribution in [3.05, 3.63) is 25.3 Å². The highest BCUT2D eigenvalue weighted by molar-refractivity contribution is 4.59. The SMILES string of the molecule is c1ncn(CCn2cncn2)n1. The molecule has 0 fully saturated rings. The minimum atomic E-state index is 0.767. The summed E-state index contributed by atoms with van der Waals surface area (Å²) in [5, 5.41) is 7.92. The summed E-state index contributed by atoms with van der Waals surface area (Å²) in [5.74, 6) is 0. The Hall–Kier alpha value is -1.72. The second-order valence-electron chi connectivity index (χ2n) is 2.32. The summed E-state index contributed by atoms with van der Waals surface area (Å²) < 4.78 is 3.50. The normalized spacial score (nSPS) is 10.3. The van der Waals surface area contributed by atoms with E-state index in [1.165, 1.54) is 12.7 Å². The maximum absolute atomic E-state index is 3.96. The van der Waals surface area contributed by atoms with E-state index >= 15 is 0 Å². The maximum atomic E-state index is 3.96. The number of aryl methyl sites for hydroxylation is 2. The van der Waals surface area contributed by atoms with Gasteiger partial charge in [-0.25, -0.2) is 9.97 Å². The monoisotopic (exact) mass is 164 g/mol. The van der Waals surface area contributed by atoms with E-state index in [0.717, 1.165) is 13.1 Å². The highest BCUT2D eigenvalue weighted by Crippen LogP contribution is 1.85. The molecule has 0 spiro atoms. The zero-order valence-electron chi connectivity index (χ0n) is 6.41. The van der Waals surface area contributed by atoms with Crippen molar-refractivity contribution in [1.29, 1.82) is 0 Å². The van der Waals surface area contributed by atoms with E-state index in [1.807, 2.05) is 0 Å². The Morgan fingerprint density at radius 1 is 0.833 bits per heavy atom. The molecule has 0 aromatic carbocycles. The van der Waals surface area contributed by atoms with Gasteiger partial charge in [-0.05, 0) is 0 Å².